The predicted octanol–water partition coefficient (Wildman–Crippen LogP) is 3.06. The predicted molar refractivity (Wildman–Crippen MR) is 124 cm³/mol. The van der Waals surface area contributed by atoms with Gasteiger partial charge in [-0.2, -0.15) is 0 Å². The van der Waals surface area contributed by atoms with Crippen molar-refractivity contribution < 1.29 is 13.6 Å². The summed E-state index contributed by atoms with van der Waals surface area (Å²) in [5.41, 5.74) is 7.78. The quantitative estimate of drug-likeness (QED) is 0.552. The van der Waals surface area contributed by atoms with Crippen LogP contribution in [0.3, 0.4) is 0 Å². The van der Waals surface area contributed by atoms with Gasteiger partial charge in [0.25, 0.3) is 11.5 Å². The molecule has 3 heterocycles. The van der Waals surface area contributed by atoms with Crippen molar-refractivity contribution >= 4 is 23.2 Å². The van der Waals surface area contributed by atoms with E-state index in [2.05, 4.69) is 15.0 Å². The van der Waals surface area contributed by atoms with E-state index in [0.717, 1.165) is 6.07 Å². The largest absolute Gasteiger partial charge is 0.400 e. The molecule has 4 rings (SSSR count). The molecule has 1 aliphatic heterocycles. The monoisotopic (exact) mass is 486 g/mol. The molecule has 0 bridgehead atoms. The highest BCUT2D eigenvalue weighted by atomic mass is 35.5. The minimum atomic E-state index is -0.724. The number of carbonyl (C=O) groups is 1. The fourth-order valence-electron chi connectivity index (χ4n) is 4.04. The molecule has 0 saturated carbocycles. The number of pyridine rings is 1. The normalized spacial score (nSPS) is 16.8. The van der Waals surface area contributed by atoms with Crippen molar-refractivity contribution in [2.45, 2.75) is 19.4 Å². The van der Waals surface area contributed by atoms with Crippen molar-refractivity contribution in [1.29, 1.82) is 0 Å². The molecule has 1 aliphatic rings. The number of amides is 1. The summed E-state index contributed by atoms with van der Waals surface area (Å²) in [6.07, 6.45) is 3.10. The van der Waals surface area contributed by atoms with Crippen molar-refractivity contribution in [2.24, 2.45) is 10.7 Å². The number of hydrogen-bond donors (Lipinski definition) is 2. The highest BCUT2D eigenvalue weighted by Crippen LogP contribution is 2.28. The molecule has 0 saturated heterocycles. The third-order valence-corrected chi connectivity index (χ3v) is 6.10. The third-order valence-electron chi connectivity index (χ3n) is 5.74. The van der Waals surface area contributed by atoms with Gasteiger partial charge in [-0.05, 0) is 37.6 Å². The molecule has 176 valence electrons. The summed E-state index contributed by atoms with van der Waals surface area (Å²) in [6.45, 7) is 1.99. The molecule has 0 aliphatic carbocycles. The Labute approximate surface area is 198 Å². The molecule has 11 heteroatoms. The van der Waals surface area contributed by atoms with Crippen LogP contribution in [0.25, 0.3) is 5.69 Å². The lowest BCUT2D eigenvalue weighted by atomic mass is 9.91. The Kier molecular flexibility index (Phi) is 6.34. The summed E-state index contributed by atoms with van der Waals surface area (Å²) in [5, 5.41) is -0.00621. The number of aliphatic imine (C=N–C) groups is 1. The van der Waals surface area contributed by atoms with Crippen LogP contribution in [0.2, 0.25) is 5.15 Å². The Balaban J connectivity index is 1.65. The van der Waals surface area contributed by atoms with Crippen LogP contribution in [0.1, 0.15) is 29.4 Å². The Morgan fingerprint density at radius 1 is 1.29 bits per heavy atom. The SMILES string of the molecule is CN=C(C1=C(N)[C@H](C)N(C(=O)c2ncn(-c3ccc[nH]c3=O)c2Cl)CC1)c1cc(F)cc(F)c1. The number of halogens is 3. The van der Waals surface area contributed by atoms with Crippen molar-refractivity contribution in [3.05, 3.63) is 92.5 Å². The van der Waals surface area contributed by atoms with Crippen LogP contribution in [-0.4, -0.2) is 50.7 Å². The van der Waals surface area contributed by atoms with Crippen LogP contribution >= 0.6 is 11.6 Å². The van der Waals surface area contributed by atoms with Gasteiger partial charge in [-0.15, -0.1) is 0 Å². The highest BCUT2D eigenvalue weighted by molar-refractivity contribution is 6.32. The van der Waals surface area contributed by atoms with E-state index in [-0.39, 0.29) is 34.2 Å². The van der Waals surface area contributed by atoms with Gasteiger partial charge in [-0.25, -0.2) is 13.8 Å². The number of nitrogens with two attached hydrogens (primary N) is 1. The Bertz CT molecular complexity index is 1370. The van der Waals surface area contributed by atoms with Crippen molar-refractivity contribution in [3.63, 3.8) is 0 Å². The lowest BCUT2D eigenvalue weighted by molar-refractivity contribution is 0.0701. The van der Waals surface area contributed by atoms with Crippen LogP contribution in [0, 0.1) is 11.6 Å². The van der Waals surface area contributed by atoms with E-state index in [4.69, 9.17) is 17.3 Å². The van der Waals surface area contributed by atoms with Crippen LogP contribution in [-0.2, 0) is 0 Å². The zero-order chi connectivity index (χ0) is 24.6. The van der Waals surface area contributed by atoms with E-state index in [1.165, 1.54) is 41.2 Å². The van der Waals surface area contributed by atoms with Crippen molar-refractivity contribution in [2.75, 3.05) is 13.6 Å². The fraction of sp³-hybridized carbons (Fsp3) is 0.217. The van der Waals surface area contributed by atoms with Crippen LogP contribution in [0.4, 0.5) is 8.78 Å². The fourth-order valence-corrected chi connectivity index (χ4v) is 4.30. The number of rotatable bonds is 4. The summed E-state index contributed by atoms with van der Waals surface area (Å²) < 4.78 is 28.9. The zero-order valence-corrected chi connectivity index (χ0v) is 19.1. The molecule has 0 fully saturated rings. The number of carbonyl (C=O) groups excluding carboxylic acids is 1. The zero-order valence-electron chi connectivity index (χ0n) is 18.3. The summed E-state index contributed by atoms with van der Waals surface area (Å²) in [4.78, 5) is 37.8. The Morgan fingerprint density at radius 2 is 2.00 bits per heavy atom. The van der Waals surface area contributed by atoms with E-state index >= 15 is 0 Å². The minimum absolute atomic E-state index is 0.00621. The molecule has 1 amide bonds. The van der Waals surface area contributed by atoms with Crippen molar-refractivity contribution in [1.82, 2.24) is 19.4 Å². The lowest BCUT2D eigenvalue weighted by Gasteiger charge is -2.35. The molecule has 2 aromatic heterocycles. The number of hydrogen-bond acceptors (Lipinski definition) is 5. The van der Waals surface area contributed by atoms with E-state index in [9.17, 15) is 18.4 Å². The molecule has 8 nitrogen and oxygen atoms in total. The van der Waals surface area contributed by atoms with Gasteiger partial charge in [0.2, 0.25) is 0 Å². The van der Waals surface area contributed by atoms with E-state index in [1.807, 2.05) is 0 Å². The first-order valence-electron chi connectivity index (χ1n) is 10.4. The summed E-state index contributed by atoms with van der Waals surface area (Å²) in [7, 11) is 1.51. The van der Waals surface area contributed by atoms with E-state index in [0.29, 0.717) is 23.4 Å². The number of nitrogens with zero attached hydrogens (tertiary/aromatic N) is 4. The molecule has 0 spiro atoms. The maximum absolute atomic E-state index is 13.8. The number of H-pyrrole nitrogens is 1. The first-order chi connectivity index (χ1) is 16.2. The Morgan fingerprint density at radius 3 is 2.65 bits per heavy atom. The molecular weight excluding hydrogens is 466 g/mol. The van der Waals surface area contributed by atoms with Gasteiger partial charge in [-0.3, -0.25) is 19.1 Å². The van der Waals surface area contributed by atoms with E-state index < -0.39 is 23.6 Å². The van der Waals surface area contributed by atoms with Gasteiger partial charge in [0, 0.05) is 42.7 Å². The smallest absolute Gasteiger partial charge is 0.276 e. The average Bonchev–Trinajstić information content (AvgIpc) is 3.17. The van der Waals surface area contributed by atoms with Crippen molar-refractivity contribution in [3.8, 4) is 5.69 Å². The number of imidazole rings is 1. The van der Waals surface area contributed by atoms with Gasteiger partial charge in [0.1, 0.15) is 28.8 Å². The maximum atomic E-state index is 13.8. The van der Waals surface area contributed by atoms with Crippen LogP contribution < -0.4 is 11.3 Å². The van der Waals surface area contributed by atoms with Crippen LogP contribution in [0.5, 0.6) is 0 Å². The minimum Gasteiger partial charge on any atom is -0.400 e. The van der Waals surface area contributed by atoms with Gasteiger partial charge >= 0.3 is 0 Å². The average molecular weight is 487 g/mol. The first-order valence-corrected chi connectivity index (χ1v) is 10.7. The number of nitrogens with one attached hydrogen (secondary N) is 1. The molecule has 3 aromatic rings. The first kappa shape index (κ1) is 23.4. The van der Waals surface area contributed by atoms with Gasteiger partial charge in [0.15, 0.2) is 5.69 Å². The number of aromatic amines is 1. The summed E-state index contributed by atoms with van der Waals surface area (Å²) >= 11 is 6.41. The second-order valence-corrected chi connectivity index (χ2v) is 8.09. The molecule has 1 atom stereocenters. The molecule has 0 unspecified atom stereocenters. The Hall–Kier alpha value is -3.79. The van der Waals surface area contributed by atoms with Crippen LogP contribution in [0.15, 0.2) is 63.9 Å². The number of aromatic nitrogens is 3. The maximum Gasteiger partial charge on any atom is 0.276 e. The summed E-state index contributed by atoms with van der Waals surface area (Å²) in [6, 6.07) is 5.78. The van der Waals surface area contributed by atoms with Gasteiger partial charge in [0.05, 0.1) is 11.8 Å². The topological polar surface area (TPSA) is 109 Å². The molecule has 3 N–H and O–H groups in total. The molecular formula is C23H21ClF2N6O2. The number of benzene rings is 1. The van der Waals surface area contributed by atoms with E-state index in [1.54, 1.807) is 19.1 Å². The molecule has 1 aromatic carbocycles. The molecule has 34 heavy (non-hydrogen) atoms. The third kappa shape index (κ3) is 4.12. The second kappa shape index (κ2) is 9.22. The van der Waals surface area contributed by atoms with Gasteiger partial charge in [-0.1, -0.05) is 11.6 Å². The second-order valence-electron chi connectivity index (χ2n) is 7.73. The highest BCUT2D eigenvalue weighted by Gasteiger charge is 2.33. The lowest BCUT2D eigenvalue weighted by Crippen LogP contribution is -2.46. The standard InChI is InChI=1S/C23H21ClF2N6O2/c1-12-18(27)16(19(28-2)13-8-14(25)10-15(26)9-13)5-7-31(12)23(34)20-21(24)32(11-30-20)17-4-3-6-29-22(17)33/h3-4,6,8-12H,5,7,27H2,1-2H3,(H,29,33)/t12-/m0/s1. The van der Waals surface area contributed by atoms with Gasteiger partial charge < -0.3 is 15.6 Å². The summed E-state index contributed by atoms with van der Waals surface area (Å²) in [5.74, 6) is -1.91. The molecule has 0 radical (unpaired) electrons.